The third-order valence-electron chi connectivity index (χ3n) is 4.56. The van der Waals surface area contributed by atoms with Gasteiger partial charge in [0.1, 0.15) is 0 Å². The maximum Gasteiger partial charge on any atom is 0.313 e. The van der Waals surface area contributed by atoms with Crippen LogP contribution in [0.1, 0.15) is 43.4 Å². The first-order valence-corrected chi connectivity index (χ1v) is 9.41. The van der Waals surface area contributed by atoms with E-state index in [4.69, 9.17) is 14.2 Å². The van der Waals surface area contributed by atoms with Crippen molar-refractivity contribution in [3.05, 3.63) is 59.2 Å². The Morgan fingerprint density at radius 1 is 0.889 bits per heavy atom. The minimum absolute atomic E-state index is 0.202. The van der Waals surface area contributed by atoms with Gasteiger partial charge in [-0.05, 0) is 48.1 Å². The van der Waals surface area contributed by atoms with Gasteiger partial charge >= 0.3 is 5.97 Å². The topological polar surface area (TPSA) is 44.8 Å². The van der Waals surface area contributed by atoms with Crippen molar-refractivity contribution in [2.45, 2.75) is 39.5 Å². The number of rotatable bonds is 9. The number of esters is 1. The van der Waals surface area contributed by atoms with Gasteiger partial charge in [0.25, 0.3) is 0 Å². The molecule has 0 unspecified atom stereocenters. The molecule has 4 heteroatoms. The molecule has 2 aromatic rings. The smallest absolute Gasteiger partial charge is 0.313 e. The number of carbonyl (C=O) groups is 1. The molecule has 0 fully saturated rings. The largest absolute Gasteiger partial charge is 0.493 e. The molecule has 0 spiro atoms. The molecule has 4 nitrogen and oxygen atoms in total. The first kappa shape index (κ1) is 20.8. The molecular weight excluding hydrogens is 340 g/mol. The summed E-state index contributed by atoms with van der Waals surface area (Å²) in [4.78, 5) is 12.4. The molecule has 0 bridgehead atoms. The molecule has 0 heterocycles. The van der Waals surface area contributed by atoms with Crippen molar-refractivity contribution in [2.75, 3.05) is 20.8 Å². The van der Waals surface area contributed by atoms with E-state index >= 15 is 0 Å². The molecule has 2 aromatic carbocycles. The maximum absolute atomic E-state index is 12.4. The van der Waals surface area contributed by atoms with Crippen molar-refractivity contribution in [3.8, 4) is 11.5 Å². The Morgan fingerprint density at radius 2 is 1.52 bits per heavy atom. The van der Waals surface area contributed by atoms with Crippen molar-refractivity contribution in [1.82, 2.24) is 0 Å². The van der Waals surface area contributed by atoms with Crippen LogP contribution in [0.5, 0.6) is 11.5 Å². The second kappa shape index (κ2) is 10.0. The third-order valence-corrected chi connectivity index (χ3v) is 4.56. The zero-order chi connectivity index (χ0) is 19.8. The molecule has 146 valence electrons. The predicted molar refractivity (Wildman–Crippen MR) is 108 cm³/mol. The average Bonchev–Trinajstić information content (AvgIpc) is 2.67. The van der Waals surface area contributed by atoms with E-state index < -0.39 is 0 Å². The van der Waals surface area contributed by atoms with E-state index in [1.165, 1.54) is 5.56 Å². The van der Waals surface area contributed by atoms with Crippen LogP contribution in [0.15, 0.2) is 42.5 Å². The van der Waals surface area contributed by atoms with E-state index in [0.29, 0.717) is 30.4 Å². The first-order valence-electron chi connectivity index (χ1n) is 9.41. The second-order valence-corrected chi connectivity index (χ2v) is 7.17. The van der Waals surface area contributed by atoms with Crippen LogP contribution in [0.4, 0.5) is 0 Å². The SMILES string of the molecule is COc1ccc(CCOC(=O)[C@H](C)c2ccc(CC(C)C)cc2)cc1OC. The summed E-state index contributed by atoms with van der Waals surface area (Å²) in [5.41, 5.74) is 3.31. The highest BCUT2D eigenvalue weighted by molar-refractivity contribution is 5.77. The molecule has 0 aliphatic rings. The molecule has 0 radical (unpaired) electrons. The quantitative estimate of drug-likeness (QED) is 0.595. The van der Waals surface area contributed by atoms with E-state index in [1.54, 1.807) is 14.2 Å². The summed E-state index contributed by atoms with van der Waals surface area (Å²) in [5, 5.41) is 0. The Bertz CT molecular complexity index is 735. The molecule has 0 saturated carbocycles. The lowest BCUT2D eigenvalue weighted by Gasteiger charge is -2.14. The van der Waals surface area contributed by atoms with Gasteiger partial charge < -0.3 is 14.2 Å². The molecule has 0 aliphatic heterocycles. The fourth-order valence-corrected chi connectivity index (χ4v) is 2.98. The highest BCUT2D eigenvalue weighted by Crippen LogP contribution is 2.27. The van der Waals surface area contributed by atoms with Crippen LogP contribution in [0.3, 0.4) is 0 Å². The summed E-state index contributed by atoms with van der Waals surface area (Å²) in [7, 11) is 3.21. The monoisotopic (exact) mass is 370 g/mol. The summed E-state index contributed by atoms with van der Waals surface area (Å²) in [5.74, 6) is 1.51. The third kappa shape index (κ3) is 6.02. The average molecular weight is 370 g/mol. The molecule has 0 aromatic heterocycles. The van der Waals surface area contributed by atoms with Gasteiger partial charge in [0, 0.05) is 6.42 Å². The molecular formula is C23H30O4. The van der Waals surface area contributed by atoms with E-state index in [-0.39, 0.29) is 11.9 Å². The first-order chi connectivity index (χ1) is 12.9. The Kier molecular flexibility index (Phi) is 7.71. The van der Waals surface area contributed by atoms with E-state index in [9.17, 15) is 4.79 Å². The van der Waals surface area contributed by atoms with Crippen molar-refractivity contribution in [3.63, 3.8) is 0 Å². The van der Waals surface area contributed by atoms with Gasteiger partial charge in [-0.3, -0.25) is 4.79 Å². The van der Waals surface area contributed by atoms with Gasteiger partial charge in [-0.2, -0.15) is 0 Å². The van der Waals surface area contributed by atoms with E-state index in [2.05, 4.69) is 26.0 Å². The number of carbonyl (C=O) groups excluding carboxylic acids is 1. The van der Waals surface area contributed by atoms with Gasteiger partial charge in [-0.25, -0.2) is 0 Å². The summed E-state index contributed by atoms with van der Waals surface area (Å²) in [6.45, 7) is 6.62. The number of hydrogen-bond acceptors (Lipinski definition) is 4. The molecule has 0 amide bonds. The lowest BCUT2D eigenvalue weighted by Crippen LogP contribution is -2.15. The van der Waals surface area contributed by atoms with Crippen LogP contribution in [-0.4, -0.2) is 26.8 Å². The molecule has 0 N–H and O–H groups in total. The number of ether oxygens (including phenoxy) is 3. The Morgan fingerprint density at radius 3 is 2.11 bits per heavy atom. The highest BCUT2D eigenvalue weighted by atomic mass is 16.5. The fraction of sp³-hybridized carbons (Fsp3) is 0.435. The van der Waals surface area contributed by atoms with Crippen LogP contribution >= 0.6 is 0 Å². The minimum Gasteiger partial charge on any atom is -0.493 e. The van der Waals surface area contributed by atoms with Gasteiger partial charge in [-0.15, -0.1) is 0 Å². The van der Waals surface area contributed by atoms with Crippen LogP contribution in [-0.2, 0) is 22.4 Å². The van der Waals surface area contributed by atoms with Crippen molar-refractivity contribution in [1.29, 1.82) is 0 Å². The fourth-order valence-electron chi connectivity index (χ4n) is 2.98. The van der Waals surface area contributed by atoms with E-state index in [0.717, 1.165) is 17.5 Å². The zero-order valence-corrected chi connectivity index (χ0v) is 17.0. The second-order valence-electron chi connectivity index (χ2n) is 7.17. The minimum atomic E-state index is -0.275. The van der Waals surface area contributed by atoms with Gasteiger partial charge in [0.05, 0.1) is 26.7 Å². The Balaban J connectivity index is 1.88. The number of benzene rings is 2. The summed E-state index contributed by atoms with van der Waals surface area (Å²) >= 11 is 0. The molecule has 0 saturated heterocycles. The summed E-state index contributed by atoms with van der Waals surface area (Å²) < 4.78 is 16.0. The summed E-state index contributed by atoms with van der Waals surface area (Å²) in [6.07, 6.45) is 1.68. The standard InChI is InChI=1S/C23H30O4/c1-16(2)14-18-6-9-20(10-7-18)17(3)23(24)27-13-12-19-8-11-21(25-4)22(15-19)26-5/h6-11,15-17H,12-14H2,1-5H3/t17-/m1/s1. The van der Waals surface area contributed by atoms with Crippen LogP contribution in [0.2, 0.25) is 0 Å². The Hall–Kier alpha value is -2.49. The normalized spacial score (nSPS) is 11.9. The van der Waals surface area contributed by atoms with Crippen LogP contribution < -0.4 is 9.47 Å². The van der Waals surface area contributed by atoms with Crippen molar-refractivity contribution >= 4 is 5.97 Å². The predicted octanol–water partition coefficient (Wildman–Crippen LogP) is 4.79. The van der Waals surface area contributed by atoms with Crippen molar-refractivity contribution in [2.24, 2.45) is 5.92 Å². The molecule has 0 aliphatic carbocycles. The zero-order valence-electron chi connectivity index (χ0n) is 17.0. The molecule has 27 heavy (non-hydrogen) atoms. The lowest BCUT2D eigenvalue weighted by molar-refractivity contribution is -0.144. The Labute approximate surface area is 162 Å². The van der Waals surface area contributed by atoms with Gasteiger partial charge in [0.15, 0.2) is 11.5 Å². The number of methoxy groups -OCH3 is 2. The van der Waals surface area contributed by atoms with E-state index in [1.807, 2.05) is 37.3 Å². The molecule has 1 atom stereocenters. The van der Waals surface area contributed by atoms with Crippen LogP contribution in [0.25, 0.3) is 0 Å². The van der Waals surface area contributed by atoms with Crippen molar-refractivity contribution < 1.29 is 19.0 Å². The van der Waals surface area contributed by atoms with Gasteiger partial charge in [0.2, 0.25) is 0 Å². The van der Waals surface area contributed by atoms with Gasteiger partial charge in [-0.1, -0.05) is 44.2 Å². The molecule has 2 rings (SSSR count). The lowest BCUT2D eigenvalue weighted by atomic mass is 9.97. The maximum atomic E-state index is 12.4. The summed E-state index contributed by atoms with van der Waals surface area (Å²) in [6, 6.07) is 14.0. The van der Waals surface area contributed by atoms with Crippen LogP contribution in [0, 0.1) is 5.92 Å². The highest BCUT2D eigenvalue weighted by Gasteiger charge is 2.17. The number of hydrogen-bond donors (Lipinski definition) is 0.